The molecule has 6 nitrogen and oxygen atoms in total. The van der Waals surface area contributed by atoms with Crippen molar-refractivity contribution in [2.75, 3.05) is 14.2 Å². The third-order valence-electron chi connectivity index (χ3n) is 4.95. The molecule has 0 aliphatic heterocycles. The SMILES string of the molecule is COc1cccc(-c2ncn(CCc3ccccc3OC)c2CC(C)C)c1.O=C(O)C(F)(F)F. The Hall–Kier alpha value is -3.49. The van der Waals surface area contributed by atoms with Gasteiger partial charge in [0.05, 0.1) is 26.2 Å². The number of aliphatic carboxylic acids is 1. The Morgan fingerprint density at radius 1 is 1.09 bits per heavy atom. The van der Waals surface area contributed by atoms with E-state index < -0.39 is 12.1 Å². The number of carboxylic acid groups (broad SMARTS) is 1. The van der Waals surface area contributed by atoms with Crippen molar-refractivity contribution in [1.82, 2.24) is 9.55 Å². The number of aromatic nitrogens is 2. The monoisotopic (exact) mass is 478 g/mol. The molecule has 34 heavy (non-hydrogen) atoms. The number of carbonyl (C=O) groups is 1. The fourth-order valence-corrected chi connectivity index (χ4v) is 3.36. The highest BCUT2D eigenvalue weighted by atomic mass is 19.4. The molecule has 0 saturated carbocycles. The zero-order chi connectivity index (χ0) is 25.3. The zero-order valence-electron chi connectivity index (χ0n) is 19.6. The van der Waals surface area contributed by atoms with Crippen LogP contribution in [0.3, 0.4) is 0 Å². The molecule has 0 unspecified atom stereocenters. The molecule has 0 atom stereocenters. The van der Waals surface area contributed by atoms with Crippen LogP contribution in [0.5, 0.6) is 11.5 Å². The second kappa shape index (κ2) is 12.1. The van der Waals surface area contributed by atoms with Gasteiger partial charge >= 0.3 is 12.1 Å². The molecule has 1 N–H and O–H groups in total. The average Bonchev–Trinajstić information content (AvgIpc) is 3.19. The first kappa shape index (κ1) is 26.8. The fraction of sp³-hybridized carbons (Fsp3) is 0.360. The maximum atomic E-state index is 10.6. The minimum atomic E-state index is -5.08. The second-order valence-electron chi connectivity index (χ2n) is 7.93. The lowest BCUT2D eigenvalue weighted by Gasteiger charge is -2.14. The highest BCUT2D eigenvalue weighted by Crippen LogP contribution is 2.28. The van der Waals surface area contributed by atoms with E-state index in [2.05, 4.69) is 42.7 Å². The molecule has 1 heterocycles. The average molecular weight is 479 g/mol. The van der Waals surface area contributed by atoms with Gasteiger partial charge in [-0.05, 0) is 42.5 Å². The van der Waals surface area contributed by atoms with Crippen molar-refractivity contribution in [3.05, 3.63) is 66.1 Å². The Bertz CT molecular complexity index is 1080. The number of alkyl halides is 3. The van der Waals surface area contributed by atoms with Crippen LogP contribution in [0.15, 0.2) is 54.9 Å². The summed E-state index contributed by atoms with van der Waals surface area (Å²) in [4.78, 5) is 13.6. The van der Waals surface area contributed by atoms with Crippen molar-refractivity contribution in [3.8, 4) is 22.8 Å². The van der Waals surface area contributed by atoms with Gasteiger partial charge in [-0.3, -0.25) is 0 Å². The molecule has 0 aliphatic carbocycles. The van der Waals surface area contributed by atoms with E-state index in [4.69, 9.17) is 24.4 Å². The first-order valence-corrected chi connectivity index (χ1v) is 10.7. The Balaban J connectivity index is 0.000000509. The van der Waals surface area contributed by atoms with Gasteiger partial charge in [0.1, 0.15) is 11.5 Å². The van der Waals surface area contributed by atoms with Crippen LogP contribution in [0.1, 0.15) is 25.1 Å². The molecule has 0 aliphatic rings. The van der Waals surface area contributed by atoms with Gasteiger partial charge in [-0.25, -0.2) is 9.78 Å². The molecular weight excluding hydrogens is 449 g/mol. The predicted octanol–water partition coefficient (Wildman–Crippen LogP) is 5.64. The Kier molecular flexibility index (Phi) is 9.53. The number of nitrogens with zero attached hydrogens (tertiary/aromatic N) is 2. The summed E-state index contributed by atoms with van der Waals surface area (Å²) in [5.41, 5.74) is 4.63. The molecule has 2 aromatic carbocycles. The normalized spacial score (nSPS) is 11.1. The lowest BCUT2D eigenvalue weighted by Crippen LogP contribution is -2.21. The summed E-state index contributed by atoms with van der Waals surface area (Å²) in [6.07, 6.45) is -1.23. The third kappa shape index (κ3) is 7.54. The van der Waals surface area contributed by atoms with E-state index in [1.165, 1.54) is 11.3 Å². The minimum Gasteiger partial charge on any atom is -0.497 e. The van der Waals surface area contributed by atoms with Crippen LogP contribution >= 0.6 is 0 Å². The van der Waals surface area contributed by atoms with E-state index in [9.17, 15) is 13.2 Å². The van der Waals surface area contributed by atoms with Gasteiger partial charge in [-0.1, -0.05) is 44.2 Å². The maximum absolute atomic E-state index is 10.6. The fourth-order valence-electron chi connectivity index (χ4n) is 3.36. The smallest absolute Gasteiger partial charge is 0.490 e. The van der Waals surface area contributed by atoms with Crippen LogP contribution in [0.25, 0.3) is 11.3 Å². The number of aryl methyl sites for hydroxylation is 2. The van der Waals surface area contributed by atoms with E-state index in [0.717, 1.165) is 42.1 Å². The molecule has 1 aromatic heterocycles. The summed E-state index contributed by atoms with van der Waals surface area (Å²) in [5.74, 6) is -0.411. The van der Waals surface area contributed by atoms with Crippen molar-refractivity contribution < 1.29 is 32.5 Å². The van der Waals surface area contributed by atoms with Gasteiger partial charge < -0.3 is 19.1 Å². The number of hydrogen-bond donors (Lipinski definition) is 1. The van der Waals surface area contributed by atoms with E-state index >= 15 is 0 Å². The zero-order valence-corrected chi connectivity index (χ0v) is 19.6. The molecule has 0 saturated heterocycles. The Morgan fingerprint density at radius 2 is 1.76 bits per heavy atom. The Morgan fingerprint density at radius 3 is 2.35 bits per heavy atom. The number of halogens is 3. The number of ether oxygens (including phenoxy) is 2. The van der Waals surface area contributed by atoms with Crippen LogP contribution in [-0.4, -0.2) is 41.0 Å². The lowest BCUT2D eigenvalue weighted by molar-refractivity contribution is -0.192. The van der Waals surface area contributed by atoms with Gasteiger partial charge in [0, 0.05) is 17.8 Å². The summed E-state index contributed by atoms with van der Waals surface area (Å²) < 4.78 is 44.9. The van der Waals surface area contributed by atoms with Crippen LogP contribution in [0.4, 0.5) is 13.2 Å². The van der Waals surface area contributed by atoms with Gasteiger partial charge in [0.15, 0.2) is 0 Å². The van der Waals surface area contributed by atoms with E-state index in [0.29, 0.717) is 5.92 Å². The van der Waals surface area contributed by atoms with Crippen molar-refractivity contribution in [1.29, 1.82) is 0 Å². The van der Waals surface area contributed by atoms with Gasteiger partial charge in [0.2, 0.25) is 0 Å². The molecule has 9 heteroatoms. The van der Waals surface area contributed by atoms with E-state index in [1.807, 2.05) is 30.6 Å². The number of para-hydroxylation sites is 1. The first-order chi connectivity index (χ1) is 16.1. The van der Waals surface area contributed by atoms with Crippen LogP contribution < -0.4 is 9.47 Å². The molecular formula is C25H29F3N2O4. The van der Waals surface area contributed by atoms with Crippen LogP contribution in [-0.2, 0) is 24.2 Å². The summed E-state index contributed by atoms with van der Waals surface area (Å²) in [7, 11) is 3.42. The number of carboxylic acids is 1. The highest BCUT2D eigenvalue weighted by Gasteiger charge is 2.38. The lowest BCUT2D eigenvalue weighted by atomic mass is 10.0. The minimum absolute atomic E-state index is 0.552. The maximum Gasteiger partial charge on any atom is 0.490 e. The summed E-state index contributed by atoms with van der Waals surface area (Å²) in [6.45, 7) is 5.36. The van der Waals surface area contributed by atoms with Crippen LogP contribution in [0, 0.1) is 5.92 Å². The van der Waals surface area contributed by atoms with E-state index in [-0.39, 0.29) is 0 Å². The molecule has 0 spiro atoms. The molecule has 0 fully saturated rings. The van der Waals surface area contributed by atoms with Crippen molar-refractivity contribution >= 4 is 5.97 Å². The first-order valence-electron chi connectivity index (χ1n) is 10.7. The largest absolute Gasteiger partial charge is 0.497 e. The third-order valence-corrected chi connectivity index (χ3v) is 4.95. The van der Waals surface area contributed by atoms with Crippen molar-refractivity contribution in [2.45, 2.75) is 39.4 Å². The highest BCUT2D eigenvalue weighted by molar-refractivity contribution is 5.73. The summed E-state index contributed by atoms with van der Waals surface area (Å²) in [5, 5.41) is 7.12. The van der Waals surface area contributed by atoms with Gasteiger partial charge in [0.25, 0.3) is 0 Å². The Labute approximate surface area is 197 Å². The molecule has 0 radical (unpaired) electrons. The van der Waals surface area contributed by atoms with Gasteiger partial charge in [-0.15, -0.1) is 0 Å². The van der Waals surface area contributed by atoms with E-state index in [1.54, 1.807) is 14.2 Å². The number of methoxy groups -OCH3 is 2. The molecule has 3 aromatic rings. The van der Waals surface area contributed by atoms with Crippen molar-refractivity contribution in [3.63, 3.8) is 0 Å². The molecule has 3 rings (SSSR count). The number of hydrogen-bond acceptors (Lipinski definition) is 4. The summed E-state index contributed by atoms with van der Waals surface area (Å²) >= 11 is 0. The molecule has 0 amide bonds. The second-order valence-corrected chi connectivity index (χ2v) is 7.93. The molecule has 184 valence electrons. The van der Waals surface area contributed by atoms with Crippen LogP contribution in [0.2, 0.25) is 0 Å². The number of benzene rings is 2. The number of rotatable bonds is 8. The predicted molar refractivity (Wildman–Crippen MR) is 123 cm³/mol. The quantitative estimate of drug-likeness (QED) is 0.454. The van der Waals surface area contributed by atoms with Crippen molar-refractivity contribution in [2.24, 2.45) is 5.92 Å². The molecule has 0 bridgehead atoms. The standard InChI is InChI=1S/C23H28N2O2.C2HF3O2/c1-17(2)14-21-23(19-9-7-10-20(15-19)26-3)24-16-25(21)13-12-18-8-5-6-11-22(18)27-4;3-2(4,5)1(6)7/h5-11,15-17H,12-14H2,1-4H3;(H,6,7). The summed E-state index contributed by atoms with van der Waals surface area (Å²) in [6, 6.07) is 16.3. The topological polar surface area (TPSA) is 73.6 Å². The van der Waals surface area contributed by atoms with Gasteiger partial charge in [-0.2, -0.15) is 13.2 Å². The number of imidazole rings is 1.